The molecule has 1 atom stereocenters. The average Bonchev–Trinajstić information content (AvgIpc) is 3.69. The molecule has 0 bridgehead atoms. The van der Waals surface area contributed by atoms with Gasteiger partial charge in [0.2, 0.25) is 0 Å². The molecule has 1 aromatic heterocycles. The zero-order chi connectivity index (χ0) is 27.1. The van der Waals surface area contributed by atoms with Crippen LogP contribution in [0.4, 0.5) is 10.2 Å². The van der Waals surface area contributed by atoms with Gasteiger partial charge in [0.1, 0.15) is 17.7 Å². The third-order valence-corrected chi connectivity index (χ3v) is 7.64. The fourth-order valence-corrected chi connectivity index (χ4v) is 5.00. The van der Waals surface area contributed by atoms with Gasteiger partial charge in [0.15, 0.2) is 0 Å². The summed E-state index contributed by atoms with van der Waals surface area (Å²) >= 11 is 5.89. The second-order valence-corrected chi connectivity index (χ2v) is 10.6. The highest BCUT2D eigenvalue weighted by Gasteiger charge is 2.44. The summed E-state index contributed by atoms with van der Waals surface area (Å²) in [6, 6.07) is 9.30. The molecule has 2 aromatic rings. The van der Waals surface area contributed by atoms with Gasteiger partial charge in [-0.3, -0.25) is 4.79 Å². The number of benzene rings is 1. The van der Waals surface area contributed by atoms with Crippen LogP contribution in [0, 0.1) is 22.6 Å². The Morgan fingerprint density at radius 3 is 2.82 bits per heavy atom. The smallest absolute Gasteiger partial charge is 0.326 e. The molecule has 3 N–H and O–H groups in total. The lowest BCUT2D eigenvalue weighted by atomic mass is 10.1. The van der Waals surface area contributed by atoms with E-state index in [1.54, 1.807) is 0 Å². The van der Waals surface area contributed by atoms with Crippen molar-refractivity contribution in [3.05, 3.63) is 58.0 Å². The number of rotatable bonds is 13. The van der Waals surface area contributed by atoms with E-state index >= 15 is 0 Å². The first-order valence-electron chi connectivity index (χ1n) is 13.1. The summed E-state index contributed by atoms with van der Waals surface area (Å²) in [5.74, 6) is -1.68. The number of aryl methyl sites for hydroxylation is 2. The number of amides is 1. The molecule has 2 aliphatic rings. The summed E-state index contributed by atoms with van der Waals surface area (Å²) in [4.78, 5) is 31.4. The van der Waals surface area contributed by atoms with Crippen molar-refractivity contribution < 1.29 is 19.1 Å². The van der Waals surface area contributed by atoms with Crippen molar-refractivity contribution in [1.82, 2.24) is 15.2 Å². The minimum Gasteiger partial charge on any atom is -0.480 e. The van der Waals surface area contributed by atoms with E-state index in [0.717, 1.165) is 69.1 Å². The topological polar surface area (TPSA) is 118 Å². The Kier molecular flexibility index (Phi) is 9.18. The highest BCUT2D eigenvalue weighted by Crippen LogP contribution is 2.45. The number of carbonyl (C=O) groups is 2. The predicted molar refractivity (Wildman–Crippen MR) is 143 cm³/mol. The minimum atomic E-state index is -1.18. The lowest BCUT2D eigenvalue weighted by molar-refractivity contribution is -0.139. The van der Waals surface area contributed by atoms with Crippen molar-refractivity contribution in [3.63, 3.8) is 0 Å². The number of unbranched alkanes of at least 4 members (excludes halogenated alkanes) is 1. The maximum Gasteiger partial charge on any atom is 0.326 e. The third-order valence-electron chi connectivity index (χ3n) is 7.26. The quantitative estimate of drug-likeness (QED) is 0.321. The van der Waals surface area contributed by atoms with E-state index in [0.29, 0.717) is 19.6 Å². The normalized spacial score (nSPS) is 16.2. The monoisotopic (exact) mass is 541 g/mol. The third kappa shape index (κ3) is 7.21. The Hall–Kier alpha value is -3.22. The van der Waals surface area contributed by atoms with Crippen LogP contribution in [0.2, 0.25) is 5.02 Å². The molecule has 1 aliphatic carbocycles. The van der Waals surface area contributed by atoms with Gasteiger partial charge in [-0.1, -0.05) is 23.7 Å². The van der Waals surface area contributed by atoms with Crippen molar-refractivity contribution >= 4 is 29.3 Å². The molecule has 1 saturated carbocycles. The Morgan fingerprint density at radius 2 is 2.08 bits per heavy atom. The zero-order valence-electron chi connectivity index (χ0n) is 21.3. The molecule has 1 fully saturated rings. The standard InChI is InChI=1S/C28H33ClFN5O3/c29-24-21(7-3-8-22(24)30)26(36)34-23(27(37)38)11-16-35(18-28(17-31)12-13-28)15-2-1-6-20-10-9-19-5-4-14-32-25(19)33-20/h3,7-10,23H,1-2,4-6,11-16,18H2,(H,32,33)(H,34,36)(H,37,38). The van der Waals surface area contributed by atoms with E-state index < -0.39 is 23.7 Å². The number of halogens is 2. The van der Waals surface area contributed by atoms with Crippen molar-refractivity contribution in [2.45, 2.75) is 57.4 Å². The van der Waals surface area contributed by atoms with Crippen LogP contribution in [0.1, 0.15) is 60.1 Å². The first kappa shape index (κ1) is 27.8. The average molecular weight is 542 g/mol. The van der Waals surface area contributed by atoms with Crippen LogP contribution in [-0.2, 0) is 17.6 Å². The van der Waals surface area contributed by atoms with Gasteiger partial charge in [-0.25, -0.2) is 14.2 Å². The van der Waals surface area contributed by atoms with Crippen molar-refractivity contribution in [2.75, 3.05) is 31.5 Å². The first-order chi connectivity index (χ1) is 18.3. The molecular formula is C28H33ClFN5O3. The van der Waals surface area contributed by atoms with Crippen molar-refractivity contribution in [2.24, 2.45) is 5.41 Å². The Balaban J connectivity index is 1.32. The van der Waals surface area contributed by atoms with Gasteiger partial charge in [-0.2, -0.15) is 5.26 Å². The minimum absolute atomic E-state index is 0.109. The predicted octanol–water partition coefficient (Wildman–Crippen LogP) is 4.43. The van der Waals surface area contributed by atoms with Gasteiger partial charge in [0, 0.05) is 25.3 Å². The zero-order valence-corrected chi connectivity index (χ0v) is 22.1. The van der Waals surface area contributed by atoms with Crippen LogP contribution in [0.25, 0.3) is 0 Å². The molecule has 1 amide bonds. The summed E-state index contributed by atoms with van der Waals surface area (Å²) in [5, 5.41) is 24.8. The number of hydrogen-bond acceptors (Lipinski definition) is 6. The molecule has 1 aromatic carbocycles. The van der Waals surface area contributed by atoms with Crippen LogP contribution in [0.5, 0.6) is 0 Å². The highest BCUT2D eigenvalue weighted by molar-refractivity contribution is 6.34. The molecular weight excluding hydrogens is 509 g/mol. The number of aliphatic carboxylic acids is 1. The summed E-state index contributed by atoms with van der Waals surface area (Å²) in [6.07, 6.45) is 6.63. The van der Waals surface area contributed by atoms with E-state index in [1.165, 1.54) is 17.7 Å². The molecule has 8 nitrogen and oxygen atoms in total. The number of nitrogens with zero attached hydrogens (tertiary/aromatic N) is 3. The second-order valence-electron chi connectivity index (χ2n) is 10.2. The molecule has 1 unspecified atom stereocenters. The Bertz CT molecular complexity index is 1210. The van der Waals surface area contributed by atoms with Gasteiger partial charge >= 0.3 is 5.97 Å². The molecule has 1 aliphatic heterocycles. The molecule has 0 radical (unpaired) electrons. The largest absolute Gasteiger partial charge is 0.480 e. The molecule has 10 heteroatoms. The van der Waals surface area contributed by atoms with Crippen LogP contribution < -0.4 is 10.6 Å². The Labute approximate surface area is 227 Å². The van der Waals surface area contributed by atoms with Gasteiger partial charge in [0.25, 0.3) is 5.91 Å². The lowest BCUT2D eigenvalue weighted by Gasteiger charge is -2.26. The number of aromatic nitrogens is 1. The Morgan fingerprint density at radius 1 is 1.26 bits per heavy atom. The second kappa shape index (κ2) is 12.5. The summed E-state index contributed by atoms with van der Waals surface area (Å²) in [5.41, 5.74) is 1.83. The molecule has 38 heavy (non-hydrogen) atoms. The lowest BCUT2D eigenvalue weighted by Crippen LogP contribution is -2.44. The van der Waals surface area contributed by atoms with Crippen LogP contribution in [0.3, 0.4) is 0 Å². The number of nitriles is 1. The maximum atomic E-state index is 13.7. The van der Waals surface area contributed by atoms with Gasteiger partial charge < -0.3 is 20.6 Å². The van der Waals surface area contributed by atoms with Crippen LogP contribution in [-0.4, -0.2) is 59.1 Å². The number of anilines is 1. The number of hydrogen-bond donors (Lipinski definition) is 3. The summed E-state index contributed by atoms with van der Waals surface area (Å²) in [7, 11) is 0. The summed E-state index contributed by atoms with van der Waals surface area (Å²) in [6.45, 7) is 2.63. The number of carbonyl (C=O) groups excluding carboxylic acids is 1. The van der Waals surface area contributed by atoms with E-state index in [1.807, 2.05) is 0 Å². The van der Waals surface area contributed by atoms with Crippen LogP contribution in [0.15, 0.2) is 30.3 Å². The fourth-order valence-electron chi connectivity index (χ4n) is 4.79. The number of nitrogens with one attached hydrogen (secondary N) is 2. The fraction of sp³-hybridized carbons (Fsp3) is 0.500. The van der Waals surface area contributed by atoms with E-state index in [2.05, 4.69) is 33.7 Å². The number of carboxylic acids is 1. The highest BCUT2D eigenvalue weighted by atomic mass is 35.5. The number of fused-ring (bicyclic) bond motifs is 1. The number of carboxylic acid groups (broad SMARTS) is 1. The molecule has 202 valence electrons. The molecule has 4 rings (SSSR count). The maximum absolute atomic E-state index is 13.7. The number of pyridine rings is 1. The summed E-state index contributed by atoms with van der Waals surface area (Å²) < 4.78 is 13.7. The SMILES string of the molecule is N#CC1(CN(CCCCc2ccc3c(n2)NCCC3)CCC(NC(=O)c2cccc(F)c2Cl)C(=O)O)CC1. The van der Waals surface area contributed by atoms with E-state index in [4.69, 9.17) is 16.6 Å². The van der Waals surface area contributed by atoms with E-state index in [9.17, 15) is 24.3 Å². The van der Waals surface area contributed by atoms with Crippen LogP contribution >= 0.6 is 11.6 Å². The van der Waals surface area contributed by atoms with Crippen molar-refractivity contribution in [1.29, 1.82) is 5.26 Å². The van der Waals surface area contributed by atoms with Gasteiger partial charge in [-0.05, 0) is 81.7 Å². The first-order valence-corrected chi connectivity index (χ1v) is 13.5. The van der Waals surface area contributed by atoms with E-state index in [-0.39, 0.29) is 22.4 Å². The van der Waals surface area contributed by atoms with Gasteiger partial charge in [-0.15, -0.1) is 0 Å². The van der Waals surface area contributed by atoms with Crippen molar-refractivity contribution in [3.8, 4) is 6.07 Å². The van der Waals surface area contributed by atoms with Gasteiger partial charge in [0.05, 0.1) is 22.1 Å². The molecule has 0 spiro atoms. The molecule has 0 saturated heterocycles. The molecule has 2 heterocycles.